The quantitative estimate of drug-likeness (QED) is 0.821. The van der Waals surface area contributed by atoms with Gasteiger partial charge in [-0.25, -0.2) is 9.67 Å². The highest BCUT2D eigenvalue weighted by molar-refractivity contribution is 5.40. The molecule has 1 heterocycles. The molecule has 1 aromatic carbocycles. The van der Waals surface area contributed by atoms with E-state index in [0.717, 1.165) is 17.8 Å². The zero-order chi connectivity index (χ0) is 11.4. The van der Waals surface area contributed by atoms with Gasteiger partial charge in [0.15, 0.2) is 0 Å². The third kappa shape index (κ3) is 1.92. The van der Waals surface area contributed by atoms with E-state index in [9.17, 15) is 0 Å². The molecule has 80 valence electrons. The van der Waals surface area contributed by atoms with Crippen molar-refractivity contribution in [3.8, 4) is 11.8 Å². The SMILES string of the molecule is CNCc1ccccc1-n1cnc(C#N)n1. The van der Waals surface area contributed by atoms with Gasteiger partial charge in [0.05, 0.1) is 5.69 Å². The Labute approximate surface area is 93.4 Å². The normalized spacial score (nSPS) is 10.0. The van der Waals surface area contributed by atoms with Crippen LogP contribution < -0.4 is 5.32 Å². The molecule has 1 N–H and O–H groups in total. The van der Waals surface area contributed by atoms with Crippen molar-refractivity contribution in [1.82, 2.24) is 20.1 Å². The van der Waals surface area contributed by atoms with E-state index < -0.39 is 0 Å². The van der Waals surface area contributed by atoms with Crippen LogP contribution in [0.5, 0.6) is 0 Å². The second-order valence-corrected chi connectivity index (χ2v) is 3.28. The predicted molar refractivity (Wildman–Crippen MR) is 58.8 cm³/mol. The van der Waals surface area contributed by atoms with Gasteiger partial charge in [-0.15, -0.1) is 5.10 Å². The molecule has 1 aromatic heterocycles. The van der Waals surface area contributed by atoms with E-state index in [4.69, 9.17) is 5.26 Å². The number of nitriles is 1. The van der Waals surface area contributed by atoms with Gasteiger partial charge in [-0.1, -0.05) is 18.2 Å². The zero-order valence-corrected chi connectivity index (χ0v) is 8.88. The molecule has 0 unspecified atom stereocenters. The maximum atomic E-state index is 8.67. The lowest BCUT2D eigenvalue weighted by atomic mass is 10.2. The number of nitrogens with one attached hydrogen (secondary N) is 1. The maximum Gasteiger partial charge on any atom is 0.252 e. The highest BCUT2D eigenvalue weighted by Gasteiger charge is 2.05. The Hall–Kier alpha value is -2.19. The monoisotopic (exact) mass is 213 g/mol. The summed E-state index contributed by atoms with van der Waals surface area (Å²) in [6.45, 7) is 0.748. The van der Waals surface area contributed by atoms with Crippen LogP contribution in [0.4, 0.5) is 0 Å². The van der Waals surface area contributed by atoms with Crippen molar-refractivity contribution in [2.75, 3.05) is 7.05 Å². The number of hydrogen-bond donors (Lipinski definition) is 1. The van der Waals surface area contributed by atoms with E-state index >= 15 is 0 Å². The lowest BCUT2D eigenvalue weighted by molar-refractivity contribution is 0.787. The lowest BCUT2D eigenvalue weighted by Gasteiger charge is -2.07. The Bertz CT molecular complexity index is 523. The molecule has 0 amide bonds. The van der Waals surface area contributed by atoms with Crippen molar-refractivity contribution in [2.24, 2.45) is 0 Å². The average Bonchev–Trinajstić information content (AvgIpc) is 2.79. The molecule has 16 heavy (non-hydrogen) atoms. The second kappa shape index (κ2) is 4.55. The van der Waals surface area contributed by atoms with Crippen LogP contribution >= 0.6 is 0 Å². The summed E-state index contributed by atoms with van der Waals surface area (Å²) in [4.78, 5) is 3.88. The topological polar surface area (TPSA) is 66.5 Å². The standard InChI is InChI=1S/C11H11N5/c1-13-7-9-4-2-3-5-10(9)16-8-14-11(6-12)15-16/h2-5,8,13H,7H2,1H3. The van der Waals surface area contributed by atoms with E-state index in [0.29, 0.717) is 0 Å². The van der Waals surface area contributed by atoms with Crippen LogP contribution in [0.1, 0.15) is 11.4 Å². The van der Waals surface area contributed by atoms with Crippen molar-refractivity contribution in [3.05, 3.63) is 42.0 Å². The fraction of sp³-hybridized carbons (Fsp3) is 0.182. The summed E-state index contributed by atoms with van der Waals surface area (Å²) >= 11 is 0. The van der Waals surface area contributed by atoms with Crippen molar-refractivity contribution < 1.29 is 0 Å². The molecule has 0 fully saturated rings. The Morgan fingerprint density at radius 1 is 1.44 bits per heavy atom. The molecule has 5 nitrogen and oxygen atoms in total. The fourth-order valence-corrected chi connectivity index (χ4v) is 1.50. The molecular formula is C11H11N5. The molecular weight excluding hydrogens is 202 g/mol. The van der Waals surface area contributed by atoms with E-state index in [1.165, 1.54) is 0 Å². The maximum absolute atomic E-state index is 8.67. The average molecular weight is 213 g/mol. The summed E-state index contributed by atoms with van der Waals surface area (Å²) < 4.78 is 1.62. The Morgan fingerprint density at radius 2 is 2.25 bits per heavy atom. The van der Waals surface area contributed by atoms with E-state index in [-0.39, 0.29) is 5.82 Å². The van der Waals surface area contributed by atoms with Gasteiger partial charge in [0.25, 0.3) is 5.82 Å². The minimum absolute atomic E-state index is 0.180. The number of benzene rings is 1. The van der Waals surface area contributed by atoms with Crippen LogP contribution in [0.2, 0.25) is 0 Å². The largest absolute Gasteiger partial charge is 0.316 e. The molecule has 5 heteroatoms. The molecule has 0 radical (unpaired) electrons. The van der Waals surface area contributed by atoms with Crippen molar-refractivity contribution in [1.29, 1.82) is 5.26 Å². The van der Waals surface area contributed by atoms with Gasteiger partial charge >= 0.3 is 0 Å². The molecule has 0 bridgehead atoms. The van der Waals surface area contributed by atoms with Crippen molar-refractivity contribution in [3.63, 3.8) is 0 Å². The summed E-state index contributed by atoms with van der Waals surface area (Å²) in [6, 6.07) is 9.77. The highest BCUT2D eigenvalue weighted by atomic mass is 15.3. The third-order valence-electron chi connectivity index (χ3n) is 2.20. The van der Waals surface area contributed by atoms with E-state index in [2.05, 4.69) is 15.4 Å². The predicted octanol–water partition coefficient (Wildman–Crippen LogP) is 0.858. The molecule has 2 aromatic rings. The molecule has 0 aliphatic carbocycles. The second-order valence-electron chi connectivity index (χ2n) is 3.28. The molecule has 0 saturated heterocycles. The van der Waals surface area contributed by atoms with E-state index in [1.54, 1.807) is 11.0 Å². The number of rotatable bonds is 3. The van der Waals surface area contributed by atoms with Crippen LogP contribution in [0.15, 0.2) is 30.6 Å². The van der Waals surface area contributed by atoms with Crippen molar-refractivity contribution in [2.45, 2.75) is 6.54 Å². The molecule has 0 aliphatic heterocycles. The van der Waals surface area contributed by atoms with Crippen LogP contribution in [0, 0.1) is 11.3 Å². The van der Waals surface area contributed by atoms with Gasteiger partial charge in [0.2, 0.25) is 0 Å². The molecule has 0 aliphatic rings. The van der Waals surface area contributed by atoms with Gasteiger partial charge in [-0.05, 0) is 18.7 Å². The Morgan fingerprint density at radius 3 is 2.94 bits per heavy atom. The minimum Gasteiger partial charge on any atom is -0.316 e. The fourth-order valence-electron chi connectivity index (χ4n) is 1.50. The first-order valence-electron chi connectivity index (χ1n) is 4.90. The first-order chi connectivity index (χ1) is 7.85. The summed E-state index contributed by atoms with van der Waals surface area (Å²) in [5.74, 6) is 0.180. The Balaban J connectivity index is 2.43. The van der Waals surface area contributed by atoms with Gasteiger partial charge in [-0.3, -0.25) is 0 Å². The zero-order valence-electron chi connectivity index (χ0n) is 8.88. The van der Waals surface area contributed by atoms with Crippen LogP contribution in [-0.2, 0) is 6.54 Å². The Kier molecular flexibility index (Phi) is 2.94. The van der Waals surface area contributed by atoms with Crippen LogP contribution in [-0.4, -0.2) is 21.8 Å². The van der Waals surface area contributed by atoms with E-state index in [1.807, 2.05) is 37.4 Å². The van der Waals surface area contributed by atoms with Gasteiger partial charge in [-0.2, -0.15) is 5.26 Å². The molecule has 0 atom stereocenters. The first kappa shape index (κ1) is 10.3. The minimum atomic E-state index is 0.180. The first-order valence-corrected chi connectivity index (χ1v) is 4.90. The van der Waals surface area contributed by atoms with Crippen LogP contribution in [0.3, 0.4) is 0 Å². The summed E-state index contributed by atoms with van der Waals surface area (Å²) in [6.07, 6.45) is 1.55. The van der Waals surface area contributed by atoms with Gasteiger partial charge in [0, 0.05) is 6.54 Å². The van der Waals surface area contributed by atoms with Gasteiger partial charge in [0.1, 0.15) is 12.4 Å². The summed E-state index contributed by atoms with van der Waals surface area (Å²) in [5.41, 5.74) is 2.05. The third-order valence-corrected chi connectivity index (χ3v) is 2.20. The highest BCUT2D eigenvalue weighted by Crippen LogP contribution is 2.12. The smallest absolute Gasteiger partial charge is 0.252 e. The number of hydrogen-bond acceptors (Lipinski definition) is 4. The van der Waals surface area contributed by atoms with Crippen LogP contribution in [0.25, 0.3) is 5.69 Å². The summed E-state index contributed by atoms with van der Waals surface area (Å²) in [5, 5.41) is 15.8. The molecule has 0 spiro atoms. The number of para-hydroxylation sites is 1. The molecule has 0 saturated carbocycles. The summed E-state index contributed by atoms with van der Waals surface area (Å²) in [7, 11) is 1.89. The van der Waals surface area contributed by atoms with Gasteiger partial charge < -0.3 is 5.32 Å². The number of aromatic nitrogens is 3. The number of nitrogens with zero attached hydrogens (tertiary/aromatic N) is 4. The molecule has 2 rings (SSSR count). The van der Waals surface area contributed by atoms with Crippen molar-refractivity contribution >= 4 is 0 Å². The lowest BCUT2D eigenvalue weighted by Crippen LogP contribution is -2.09.